The van der Waals surface area contributed by atoms with Gasteiger partial charge in [-0.1, -0.05) is 47.5 Å². The average Bonchev–Trinajstić information content (AvgIpc) is 3.50. The average molecular weight is 524 g/mol. The van der Waals surface area contributed by atoms with Gasteiger partial charge >= 0.3 is 6.03 Å². The molecule has 0 spiro atoms. The van der Waals surface area contributed by atoms with Crippen LogP contribution in [0.2, 0.25) is 0 Å². The Balaban J connectivity index is 0.000000371. The van der Waals surface area contributed by atoms with Gasteiger partial charge in [0.05, 0.1) is 24.2 Å². The predicted molar refractivity (Wildman–Crippen MR) is 139 cm³/mol. The Morgan fingerprint density at radius 2 is 1.62 bits per heavy atom. The number of carbonyl (C=O) groups excluding carboxylic acids is 6. The van der Waals surface area contributed by atoms with E-state index in [9.17, 15) is 28.8 Å². The second kappa shape index (κ2) is 14.2. The molecule has 0 bridgehead atoms. The summed E-state index contributed by atoms with van der Waals surface area (Å²) in [6.45, 7) is 11.6. The number of Topliss-reactive ketones (excluding diaryl/α,β-unsaturated/α-hetero) is 2. The number of nitrogens with two attached hydrogens (primary N) is 1. The number of amides is 4. The summed E-state index contributed by atoms with van der Waals surface area (Å²) in [5.41, 5.74) is 4.68. The van der Waals surface area contributed by atoms with Crippen LogP contribution in [0.1, 0.15) is 73.6 Å². The van der Waals surface area contributed by atoms with Crippen LogP contribution < -0.4 is 21.7 Å². The van der Waals surface area contributed by atoms with Gasteiger partial charge in [0.2, 0.25) is 11.7 Å². The summed E-state index contributed by atoms with van der Waals surface area (Å²) < 4.78 is 0. The molecule has 4 atom stereocenters. The maximum Gasteiger partial charge on any atom is 0.315 e. The van der Waals surface area contributed by atoms with Crippen molar-refractivity contribution in [1.82, 2.24) is 20.9 Å². The molecular formula is C26H45N5O6. The summed E-state index contributed by atoms with van der Waals surface area (Å²) in [6.07, 6.45) is 5.13. The highest BCUT2D eigenvalue weighted by Crippen LogP contribution is 2.33. The molecule has 11 nitrogen and oxygen atoms in total. The molecule has 210 valence electrons. The minimum Gasteiger partial charge on any atom is -0.363 e. The largest absolute Gasteiger partial charge is 0.363 e. The minimum atomic E-state index is -0.967. The van der Waals surface area contributed by atoms with Crippen LogP contribution in [0.3, 0.4) is 0 Å². The van der Waals surface area contributed by atoms with Crippen molar-refractivity contribution >= 4 is 35.7 Å². The number of primary amides is 1. The number of likely N-dealkylation sites (N-methyl/N-ethyl adjacent to an activating group) is 1. The van der Waals surface area contributed by atoms with E-state index < -0.39 is 35.8 Å². The van der Waals surface area contributed by atoms with Crippen LogP contribution in [0.15, 0.2) is 0 Å². The Morgan fingerprint density at radius 1 is 1.03 bits per heavy atom. The highest BCUT2D eigenvalue weighted by molar-refractivity contribution is 6.37. The Bertz CT molecular complexity index is 843. The molecule has 2 rings (SSSR count). The molecule has 1 saturated carbocycles. The summed E-state index contributed by atoms with van der Waals surface area (Å²) in [7, 11) is 1.89. The van der Waals surface area contributed by atoms with Gasteiger partial charge in [-0.15, -0.1) is 0 Å². The molecule has 2 fully saturated rings. The quantitative estimate of drug-likeness (QED) is 0.231. The monoisotopic (exact) mass is 523 g/mol. The van der Waals surface area contributed by atoms with Crippen LogP contribution in [0.4, 0.5) is 4.79 Å². The molecule has 1 heterocycles. The molecular weight excluding hydrogens is 478 g/mol. The Morgan fingerprint density at radius 3 is 2.00 bits per heavy atom. The van der Waals surface area contributed by atoms with E-state index in [1.165, 1.54) is 6.92 Å². The van der Waals surface area contributed by atoms with Gasteiger partial charge in [-0.05, 0) is 57.0 Å². The van der Waals surface area contributed by atoms with E-state index >= 15 is 0 Å². The zero-order chi connectivity index (χ0) is 28.5. The molecule has 0 aromatic carbocycles. The van der Waals surface area contributed by atoms with Crippen LogP contribution >= 0.6 is 0 Å². The van der Waals surface area contributed by atoms with Gasteiger partial charge in [-0.25, -0.2) is 4.79 Å². The number of rotatable bonds is 11. The van der Waals surface area contributed by atoms with E-state index in [4.69, 9.17) is 5.73 Å². The number of carbonyl (C=O) groups is 6. The molecule has 0 radical (unpaired) electrons. The molecule has 37 heavy (non-hydrogen) atoms. The van der Waals surface area contributed by atoms with Crippen molar-refractivity contribution in [3.63, 3.8) is 0 Å². The van der Waals surface area contributed by atoms with Gasteiger partial charge in [-0.3, -0.25) is 24.1 Å². The van der Waals surface area contributed by atoms with E-state index in [1.807, 2.05) is 46.6 Å². The third-order valence-electron chi connectivity index (χ3n) is 6.71. The third kappa shape index (κ3) is 11.0. The molecule has 11 heteroatoms. The Hall–Kier alpha value is -2.82. The molecule has 1 aliphatic carbocycles. The zero-order valence-corrected chi connectivity index (χ0v) is 23.3. The molecule has 0 aromatic rings. The highest BCUT2D eigenvalue weighted by atomic mass is 16.2. The lowest BCUT2D eigenvalue weighted by Gasteiger charge is -2.28. The first-order chi connectivity index (χ1) is 17.1. The number of aldehydes is 1. The minimum absolute atomic E-state index is 0.0116. The first-order valence-electron chi connectivity index (χ1n) is 12.9. The summed E-state index contributed by atoms with van der Waals surface area (Å²) in [5.74, 6) is -1.46. The maximum absolute atomic E-state index is 12.1. The van der Waals surface area contributed by atoms with Crippen LogP contribution in [0.25, 0.3) is 0 Å². The summed E-state index contributed by atoms with van der Waals surface area (Å²) >= 11 is 0. The molecule has 1 aliphatic heterocycles. The number of urea groups is 1. The fourth-order valence-electron chi connectivity index (χ4n) is 4.12. The van der Waals surface area contributed by atoms with Crippen LogP contribution in [0.5, 0.6) is 0 Å². The van der Waals surface area contributed by atoms with Crippen LogP contribution in [-0.4, -0.2) is 78.4 Å². The molecule has 0 aromatic heterocycles. The lowest BCUT2D eigenvalue weighted by Crippen LogP contribution is -2.53. The molecule has 5 N–H and O–H groups in total. The molecule has 2 aliphatic rings. The van der Waals surface area contributed by atoms with Gasteiger partial charge in [0.15, 0.2) is 5.78 Å². The summed E-state index contributed by atoms with van der Waals surface area (Å²) in [6, 6.07) is -2.54. The number of nitrogens with one attached hydrogen (secondary N) is 3. The Kier molecular flexibility index (Phi) is 12.4. The van der Waals surface area contributed by atoms with Gasteiger partial charge < -0.3 is 26.5 Å². The van der Waals surface area contributed by atoms with Gasteiger partial charge in [0.1, 0.15) is 6.29 Å². The van der Waals surface area contributed by atoms with Crippen molar-refractivity contribution in [2.24, 2.45) is 23.0 Å². The van der Waals surface area contributed by atoms with Gasteiger partial charge in [-0.2, -0.15) is 0 Å². The first kappa shape index (κ1) is 32.2. The molecule has 4 unspecified atom stereocenters. The molecule has 4 amide bonds. The van der Waals surface area contributed by atoms with E-state index in [2.05, 4.69) is 16.0 Å². The van der Waals surface area contributed by atoms with Gasteiger partial charge in [0, 0.05) is 0 Å². The number of ketones is 2. The van der Waals surface area contributed by atoms with E-state index in [1.54, 1.807) is 0 Å². The van der Waals surface area contributed by atoms with Crippen LogP contribution in [-0.2, 0) is 24.0 Å². The third-order valence-corrected chi connectivity index (χ3v) is 6.71. The topological polar surface area (TPSA) is 168 Å². The standard InChI is InChI=1S/C13H21N3O3.C13H24N2O3/c1-16-6-2-3-10(16)13(19)15-9(7-8-4-5-8)11(17)12(14)18;1-8(2)11(9(3)17)15-12(18)14-10(7-16)13(4,5)6/h8-10H,2-7H2,1H3,(H2,14,18)(H,15,19);7-8,10-11H,1-6H3,(H2,14,15,18). The van der Waals surface area contributed by atoms with Crippen molar-refractivity contribution in [2.45, 2.75) is 97.8 Å². The van der Waals surface area contributed by atoms with Crippen molar-refractivity contribution in [1.29, 1.82) is 0 Å². The Labute approximate surface area is 220 Å². The lowest BCUT2D eigenvalue weighted by molar-refractivity contribution is -0.139. The van der Waals surface area contributed by atoms with E-state index in [0.29, 0.717) is 18.6 Å². The maximum atomic E-state index is 12.1. The number of nitrogens with zero attached hydrogens (tertiary/aromatic N) is 1. The lowest BCUT2D eigenvalue weighted by atomic mass is 9.88. The number of likely N-dealkylation sites (tertiary alicyclic amines) is 1. The fraction of sp³-hybridized carbons (Fsp3) is 0.769. The van der Waals surface area contributed by atoms with Crippen LogP contribution in [0, 0.1) is 17.3 Å². The van der Waals surface area contributed by atoms with Crippen molar-refractivity contribution in [3.8, 4) is 0 Å². The second-order valence-electron chi connectivity index (χ2n) is 11.5. The first-order valence-corrected chi connectivity index (χ1v) is 12.9. The molecule has 1 saturated heterocycles. The number of hydrogen-bond donors (Lipinski definition) is 4. The van der Waals surface area contributed by atoms with E-state index in [-0.39, 0.29) is 29.1 Å². The summed E-state index contributed by atoms with van der Waals surface area (Å²) in [4.78, 5) is 70.9. The fourth-order valence-corrected chi connectivity index (χ4v) is 4.12. The SMILES string of the molecule is CC(=O)C(NC(=O)NC(C=O)C(C)(C)C)C(C)C.CN1CCCC1C(=O)NC(CC1CC1)C(=O)C(N)=O. The highest BCUT2D eigenvalue weighted by Gasteiger charge is 2.35. The summed E-state index contributed by atoms with van der Waals surface area (Å²) in [5, 5.41) is 7.88. The van der Waals surface area contributed by atoms with Crippen molar-refractivity contribution < 1.29 is 28.8 Å². The smallest absolute Gasteiger partial charge is 0.315 e. The second-order valence-corrected chi connectivity index (χ2v) is 11.5. The van der Waals surface area contributed by atoms with Crippen molar-refractivity contribution in [3.05, 3.63) is 0 Å². The predicted octanol–water partition coefficient (Wildman–Crippen LogP) is 0.933. The number of hydrogen-bond acceptors (Lipinski definition) is 7. The van der Waals surface area contributed by atoms with Crippen molar-refractivity contribution in [2.75, 3.05) is 13.6 Å². The van der Waals surface area contributed by atoms with E-state index in [0.717, 1.165) is 32.2 Å². The zero-order valence-electron chi connectivity index (χ0n) is 23.3. The normalized spacial score (nSPS) is 20.1. The van der Waals surface area contributed by atoms with Gasteiger partial charge in [0.25, 0.3) is 5.91 Å².